The van der Waals surface area contributed by atoms with Crippen LogP contribution in [0.3, 0.4) is 0 Å². The van der Waals surface area contributed by atoms with E-state index in [-0.39, 0.29) is 5.82 Å². The summed E-state index contributed by atoms with van der Waals surface area (Å²) in [4.78, 5) is 12.3. The standard InChI is InChI=1S/C22H23FN4O/c1-14(2)12-16-4-6-18(7-5-16)20-13-21(26-25-20)22(28)27-24-15(3)17-8-10-19(23)11-9-17/h4-11,13-14H,12H2,1-3H3,(H,25,26)(H,27,28)/b24-15-. The lowest BCUT2D eigenvalue weighted by Gasteiger charge is -2.05. The molecule has 0 aliphatic heterocycles. The summed E-state index contributed by atoms with van der Waals surface area (Å²) in [6.45, 7) is 6.12. The Labute approximate surface area is 163 Å². The van der Waals surface area contributed by atoms with Gasteiger partial charge in [-0.2, -0.15) is 10.2 Å². The van der Waals surface area contributed by atoms with Crippen LogP contribution in [0.25, 0.3) is 11.3 Å². The van der Waals surface area contributed by atoms with Crippen LogP contribution in [0.1, 0.15) is 42.4 Å². The molecule has 5 nitrogen and oxygen atoms in total. The Morgan fingerprint density at radius 1 is 1.14 bits per heavy atom. The Balaban J connectivity index is 1.66. The van der Waals surface area contributed by atoms with Crippen LogP contribution in [0.4, 0.5) is 4.39 Å². The largest absolute Gasteiger partial charge is 0.289 e. The van der Waals surface area contributed by atoms with Crippen molar-refractivity contribution in [3.63, 3.8) is 0 Å². The van der Waals surface area contributed by atoms with Gasteiger partial charge < -0.3 is 0 Å². The molecule has 0 saturated carbocycles. The molecule has 144 valence electrons. The third-order valence-corrected chi connectivity index (χ3v) is 4.30. The number of aromatic nitrogens is 2. The maximum Gasteiger partial charge on any atom is 0.289 e. The van der Waals surface area contributed by atoms with E-state index in [0.29, 0.717) is 23.0 Å². The van der Waals surface area contributed by atoms with Gasteiger partial charge in [-0.3, -0.25) is 9.89 Å². The maximum absolute atomic E-state index is 13.0. The van der Waals surface area contributed by atoms with Gasteiger partial charge in [-0.1, -0.05) is 50.2 Å². The van der Waals surface area contributed by atoms with Crippen molar-refractivity contribution in [3.05, 3.63) is 77.2 Å². The lowest BCUT2D eigenvalue weighted by Crippen LogP contribution is -2.19. The van der Waals surface area contributed by atoms with E-state index in [0.717, 1.165) is 17.5 Å². The van der Waals surface area contributed by atoms with Crippen molar-refractivity contribution < 1.29 is 9.18 Å². The van der Waals surface area contributed by atoms with Gasteiger partial charge >= 0.3 is 0 Å². The molecule has 0 saturated heterocycles. The van der Waals surface area contributed by atoms with Crippen molar-refractivity contribution >= 4 is 11.6 Å². The molecule has 1 heterocycles. The average molecular weight is 378 g/mol. The SMILES string of the molecule is C/C(=N/NC(=O)c1cc(-c2ccc(CC(C)C)cc2)n[nH]1)c1ccc(F)cc1. The zero-order chi connectivity index (χ0) is 20.1. The van der Waals surface area contributed by atoms with Gasteiger partial charge in [0, 0.05) is 5.56 Å². The summed E-state index contributed by atoms with van der Waals surface area (Å²) < 4.78 is 13.0. The molecule has 0 aliphatic carbocycles. The van der Waals surface area contributed by atoms with Gasteiger partial charge in [0.1, 0.15) is 11.5 Å². The van der Waals surface area contributed by atoms with Crippen LogP contribution in [-0.4, -0.2) is 21.8 Å². The zero-order valence-electron chi connectivity index (χ0n) is 16.2. The Morgan fingerprint density at radius 3 is 2.46 bits per heavy atom. The molecule has 3 aromatic rings. The van der Waals surface area contributed by atoms with Crippen LogP contribution >= 0.6 is 0 Å². The summed E-state index contributed by atoms with van der Waals surface area (Å²) in [6, 6.07) is 15.8. The van der Waals surface area contributed by atoms with Crippen LogP contribution in [-0.2, 0) is 6.42 Å². The predicted octanol–water partition coefficient (Wildman–Crippen LogP) is 4.57. The first-order chi connectivity index (χ1) is 13.4. The molecule has 3 rings (SSSR count). The van der Waals surface area contributed by atoms with Crippen molar-refractivity contribution in [2.75, 3.05) is 0 Å². The van der Waals surface area contributed by atoms with Gasteiger partial charge in [0.25, 0.3) is 5.91 Å². The molecule has 28 heavy (non-hydrogen) atoms. The number of hydrogen-bond donors (Lipinski definition) is 2. The highest BCUT2D eigenvalue weighted by molar-refractivity contribution is 6.00. The van der Waals surface area contributed by atoms with Crippen LogP contribution in [0, 0.1) is 11.7 Å². The fourth-order valence-electron chi connectivity index (χ4n) is 2.82. The maximum atomic E-state index is 13.0. The van der Waals surface area contributed by atoms with E-state index >= 15 is 0 Å². The molecule has 1 amide bonds. The number of amides is 1. The van der Waals surface area contributed by atoms with E-state index in [1.807, 2.05) is 12.1 Å². The first-order valence-corrected chi connectivity index (χ1v) is 9.17. The number of H-pyrrole nitrogens is 1. The highest BCUT2D eigenvalue weighted by atomic mass is 19.1. The van der Waals surface area contributed by atoms with Crippen molar-refractivity contribution in [2.45, 2.75) is 27.2 Å². The molecule has 1 aromatic heterocycles. The molecular formula is C22H23FN4O. The number of hydrazone groups is 1. The summed E-state index contributed by atoms with van der Waals surface area (Å²) in [7, 11) is 0. The summed E-state index contributed by atoms with van der Waals surface area (Å²) >= 11 is 0. The number of carbonyl (C=O) groups is 1. The first-order valence-electron chi connectivity index (χ1n) is 9.17. The minimum Gasteiger partial charge on any atom is -0.272 e. The zero-order valence-corrected chi connectivity index (χ0v) is 16.2. The Hall–Kier alpha value is -3.28. The van der Waals surface area contributed by atoms with Gasteiger partial charge in [0.2, 0.25) is 0 Å². The number of nitrogens with one attached hydrogen (secondary N) is 2. The summed E-state index contributed by atoms with van der Waals surface area (Å²) in [5.41, 5.74) is 7.03. The number of nitrogens with zero attached hydrogens (tertiary/aromatic N) is 2. The normalized spacial score (nSPS) is 11.7. The molecule has 0 bridgehead atoms. The van der Waals surface area contributed by atoms with Crippen LogP contribution < -0.4 is 5.43 Å². The quantitative estimate of drug-likeness (QED) is 0.487. The van der Waals surface area contributed by atoms with Gasteiger partial charge in [-0.05, 0) is 48.6 Å². The summed E-state index contributed by atoms with van der Waals surface area (Å²) in [6.07, 6.45) is 1.03. The summed E-state index contributed by atoms with van der Waals surface area (Å²) in [5, 5.41) is 11.0. The van der Waals surface area contributed by atoms with E-state index in [2.05, 4.69) is 46.7 Å². The molecule has 0 atom stereocenters. The fraction of sp³-hybridized carbons (Fsp3) is 0.227. The fourth-order valence-corrected chi connectivity index (χ4v) is 2.82. The molecule has 0 fully saturated rings. The van der Waals surface area contributed by atoms with Crippen LogP contribution in [0.5, 0.6) is 0 Å². The number of rotatable bonds is 6. The second-order valence-electron chi connectivity index (χ2n) is 7.11. The topological polar surface area (TPSA) is 70.1 Å². The number of carbonyl (C=O) groups excluding carboxylic acids is 1. The minimum atomic E-state index is -0.392. The predicted molar refractivity (Wildman–Crippen MR) is 109 cm³/mol. The van der Waals surface area contributed by atoms with Crippen LogP contribution in [0.2, 0.25) is 0 Å². The second-order valence-corrected chi connectivity index (χ2v) is 7.11. The van der Waals surface area contributed by atoms with E-state index in [9.17, 15) is 9.18 Å². The molecular weight excluding hydrogens is 355 g/mol. The third-order valence-electron chi connectivity index (χ3n) is 4.30. The lowest BCUT2D eigenvalue weighted by atomic mass is 10.0. The number of halogens is 1. The van der Waals surface area contributed by atoms with Crippen LogP contribution in [0.15, 0.2) is 59.7 Å². The third kappa shape index (κ3) is 4.91. The highest BCUT2D eigenvalue weighted by Crippen LogP contribution is 2.19. The lowest BCUT2D eigenvalue weighted by molar-refractivity contribution is 0.0950. The summed E-state index contributed by atoms with van der Waals surface area (Å²) in [5.74, 6) is -0.107. The monoisotopic (exact) mass is 378 g/mol. The highest BCUT2D eigenvalue weighted by Gasteiger charge is 2.11. The van der Waals surface area contributed by atoms with Gasteiger partial charge in [-0.15, -0.1) is 0 Å². The molecule has 2 N–H and O–H groups in total. The van der Waals surface area contributed by atoms with Gasteiger partial charge in [0.05, 0.1) is 11.4 Å². The molecule has 2 aromatic carbocycles. The van der Waals surface area contributed by atoms with Gasteiger partial charge in [0.15, 0.2) is 0 Å². The number of hydrogen-bond acceptors (Lipinski definition) is 3. The van der Waals surface area contributed by atoms with Crippen molar-refractivity contribution in [2.24, 2.45) is 11.0 Å². The van der Waals surface area contributed by atoms with E-state index < -0.39 is 5.91 Å². The van der Waals surface area contributed by atoms with Gasteiger partial charge in [-0.25, -0.2) is 9.82 Å². The second kappa shape index (κ2) is 8.61. The molecule has 0 aliphatic rings. The number of benzene rings is 2. The van der Waals surface area contributed by atoms with E-state index in [1.54, 1.807) is 25.1 Å². The Kier molecular flexibility index (Phi) is 5.99. The molecule has 0 spiro atoms. The van der Waals surface area contributed by atoms with E-state index in [4.69, 9.17) is 0 Å². The molecule has 6 heteroatoms. The average Bonchev–Trinajstić information content (AvgIpc) is 3.17. The minimum absolute atomic E-state index is 0.317. The smallest absolute Gasteiger partial charge is 0.272 e. The van der Waals surface area contributed by atoms with Crippen molar-refractivity contribution in [3.8, 4) is 11.3 Å². The number of aromatic amines is 1. The van der Waals surface area contributed by atoms with Crippen molar-refractivity contribution in [1.29, 1.82) is 0 Å². The Bertz CT molecular complexity index is 973. The van der Waals surface area contributed by atoms with E-state index in [1.165, 1.54) is 17.7 Å². The molecule has 0 radical (unpaired) electrons. The molecule has 0 unspecified atom stereocenters. The Morgan fingerprint density at radius 2 is 1.82 bits per heavy atom. The first kappa shape index (κ1) is 19.5. The van der Waals surface area contributed by atoms with Crippen molar-refractivity contribution in [1.82, 2.24) is 15.6 Å².